The number of carbonyl (C=O) groups is 1. The molecule has 1 amide bonds. The molecule has 0 saturated carbocycles. The van der Waals surface area contributed by atoms with Gasteiger partial charge in [0.25, 0.3) is 0 Å². The first-order chi connectivity index (χ1) is 8.70. The average Bonchev–Trinajstić information content (AvgIpc) is 2.39. The van der Waals surface area contributed by atoms with Crippen molar-refractivity contribution in [3.05, 3.63) is 18.3 Å². The number of rotatable bonds is 3. The van der Waals surface area contributed by atoms with Gasteiger partial charge in [0.1, 0.15) is 0 Å². The van der Waals surface area contributed by atoms with E-state index in [1.54, 1.807) is 6.20 Å². The standard InChI is InChI=1S/C13H19N3O2/c1-10(18)15-12-3-2-6-14-13(12)16-7-4-11(9-17)5-8-16/h2-3,6,11,17H,4-5,7-9H2,1H3,(H,15,18). The van der Waals surface area contributed by atoms with Gasteiger partial charge in [-0.1, -0.05) is 0 Å². The summed E-state index contributed by atoms with van der Waals surface area (Å²) in [7, 11) is 0. The first kappa shape index (κ1) is 12.8. The van der Waals surface area contributed by atoms with Gasteiger partial charge in [0, 0.05) is 32.8 Å². The van der Waals surface area contributed by atoms with Crippen molar-refractivity contribution in [2.45, 2.75) is 19.8 Å². The van der Waals surface area contributed by atoms with E-state index in [0.717, 1.165) is 37.4 Å². The van der Waals surface area contributed by atoms with Gasteiger partial charge in [-0.3, -0.25) is 4.79 Å². The number of aliphatic hydroxyl groups is 1. The maximum absolute atomic E-state index is 11.2. The van der Waals surface area contributed by atoms with Crippen molar-refractivity contribution < 1.29 is 9.90 Å². The van der Waals surface area contributed by atoms with Crippen molar-refractivity contribution in [2.75, 3.05) is 29.9 Å². The van der Waals surface area contributed by atoms with E-state index < -0.39 is 0 Å². The van der Waals surface area contributed by atoms with Gasteiger partial charge in [0.05, 0.1) is 5.69 Å². The second-order valence-corrected chi connectivity index (χ2v) is 4.67. The summed E-state index contributed by atoms with van der Waals surface area (Å²) < 4.78 is 0. The Morgan fingerprint density at radius 1 is 1.56 bits per heavy atom. The van der Waals surface area contributed by atoms with Crippen LogP contribution in [0.25, 0.3) is 0 Å². The number of aliphatic hydroxyl groups excluding tert-OH is 1. The zero-order valence-electron chi connectivity index (χ0n) is 10.6. The van der Waals surface area contributed by atoms with Crippen molar-refractivity contribution in [1.29, 1.82) is 0 Å². The van der Waals surface area contributed by atoms with Crippen LogP contribution in [-0.2, 0) is 4.79 Å². The summed E-state index contributed by atoms with van der Waals surface area (Å²) in [6.07, 6.45) is 3.66. The van der Waals surface area contributed by atoms with E-state index in [9.17, 15) is 4.79 Å². The topological polar surface area (TPSA) is 65.5 Å². The smallest absolute Gasteiger partial charge is 0.221 e. The predicted molar refractivity (Wildman–Crippen MR) is 70.6 cm³/mol. The van der Waals surface area contributed by atoms with Gasteiger partial charge in [-0.2, -0.15) is 0 Å². The Hall–Kier alpha value is -1.62. The fourth-order valence-corrected chi connectivity index (χ4v) is 2.26. The van der Waals surface area contributed by atoms with Crippen LogP contribution in [0.1, 0.15) is 19.8 Å². The van der Waals surface area contributed by atoms with Crippen LogP contribution in [0.15, 0.2) is 18.3 Å². The minimum Gasteiger partial charge on any atom is -0.396 e. The van der Waals surface area contributed by atoms with Gasteiger partial charge in [-0.25, -0.2) is 4.98 Å². The third-order valence-corrected chi connectivity index (χ3v) is 3.27. The zero-order chi connectivity index (χ0) is 13.0. The number of nitrogens with one attached hydrogen (secondary N) is 1. The minimum atomic E-state index is -0.0884. The molecular formula is C13H19N3O2. The zero-order valence-corrected chi connectivity index (χ0v) is 10.6. The van der Waals surface area contributed by atoms with E-state index in [2.05, 4.69) is 15.2 Å². The van der Waals surface area contributed by atoms with Crippen molar-refractivity contribution in [1.82, 2.24) is 4.98 Å². The largest absolute Gasteiger partial charge is 0.396 e. The van der Waals surface area contributed by atoms with Crippen molar-refractivity contribution >= 4 is 17.4 Å². The second-order valence-electron chi connectivity index (χ2n) is 4.67. The van der Waals surface area contributed by atoms with Crippen LogP contribution < -0.4 is 10.2 Å². The summed E-state index contributed by atoms with van der Waals surface area (Å²) in [5, 5.41) is 11.9. The molecule has 1 aromatic heterocycles. The molecule has 5 heteroatoms. The Morgan fingerprint density at radius 2 is 2.28 bits per heavy atom. The lowest BCUT2D eigenvalue weighted by molar-refractivity contribution is -0.114. The van der Waals surface area contributed by atoms with Crippen LogP contribution in [0.5, 0.6) is 0 Å². The molecule has 0 radical (unpaired) electrons. The lowest BCUT2D eigenvalue weighted by Crippen LogP contribution is -2.35. The summed E-state index contributed by atoms with van der Waals surface area (Å²) in [4.78, 5) is 17.7. The molecule has 1 aromatic rings. The quantitative estimate of drug-likeness (QED) is 0.846. The fraction of sp³-hybridized carbons (Fsp3) is 0.538. The molecular weight excluding hydrogens is 230 g/mol. The monoisotopic (exact) mass is 249 g/mol. The lowest BCUT2D eigenvalue weighted by atomic mass is 9.98. The van der Waals surface area contributed by atoms with Crippen LogP contribution >= 0.6 is 0 Å². The molecule has 2 heterocycles. The van der Waals surface area contributed by atoms with Crippen LogP contribution in [0.2, 0.25) is 0 Å². The first-order valence-electron chi connectivity index (χ1n) is 6.29. The van der Waals surface area contributed by atoms with E-state index >= 15 is 0 Å². The third kappa shape index (κ3) is 2.98. The van der Waals surface area contributed by atoms with E-state index in [1.807, 2.05) is 12.1 Å². The minimum absolute atomic E-state index is 0.0884. The van der Waals surface area contributed by atoms with Crippen molar-refractivity contribution in [2.24, 2.45) is 5.92 Å². The van der Waals surface area contributed by atoms with Crippen molar-refractivity contribution in [3.63, 3.8) is 0 Å². The molecule has 18 heavy (non-hydrogen) atoms. The number of nitrogens with zero attached hydrogens (tertiary/aromatic N) is 2. The summed E-state index contributed by atoms with van der Waals surface area (Å²) in [6.45, 7) is 3.49. The van der Waals surface area contributed by atoms with Gasteiger partial charge in [-0.05, 0) is 30.9 Å². The van der Waals surface area contributed by atoms with Crippen LogP contribution in [0, 0.1) is 5.92 Å². The number of hydrogen-bond donors (Lipinski definition) is 2. The highest BCUT2D eigenvalue weighted by atomic mass is 16.3. The highest BCUT2D eigenvalue weighted by molar-refractivity contribution is 5.91. The molecule has 98 valence electrons. The number of anilines is 2. The Kier molecular flexibility index (Phi) is 4.15. The number of hydrogen-bond acceptors (Lipinski definition) is 4. The molecule has 0 aromatic carbocycles. The summed E-state index contributed by atoms with van der Waals surface area (Å²) in [5.74, 6) is 1.13. The van der Waals surface area contributed by atoms with Gasteiger partial charge < -0.3 is 15.3 Å². The highest BCUT2D eigenvalue weighted by Crippen LogP contribution is 2.27. The first-order valence-corrected chi connectivity index (χ1v) is 6.29. The predicted octanol–water partition coefficient (Wildman–Crippen LogP) is 1.25. The maximum Gasteiger partial charge on any atom is 0.221 e. The summed E-state index contributed by atoms with van der Waals surface area (Å²) in [6, 6.07) is 3.68. The lowest BCUT2D eigenvalue weighted by Gasteiger charge is -2.32. The highest BCUT2D eigenvalue weighted by Gasteiger charge is 2.21. The van der Waals surface area contributed by atoms with Crippen LogP contribution in [0.3, 0.4) is 0 Å². The SMILES string of the molecule is CC(=O)Nc1cccnc1N1CCC(CO)CC1. The molecule has 1 fully saturated rings. The van der Waals surface area contributed by atoms with E-state index in [-0.39, 0.29) is 12.5 Å². The molecule has 0 atom stereocenters. The molecule has 0 aliphatic carbocycles. The molecule has 2 N–H and O–H groups in total. The van der Waals surface area contributed by atoms with E-state index in [0.29, 0.717) is 5.92 Å². The number of piperidine rings is 1. The van der Waals surface area contributed by atoms with Crippen LogP contribution in [-0.4, -0.2) is 35.7 Å². The number of pyridine rings is 1. The molecule has 0 spiro atoms. The molecule has 0 bridgehead atoms. The normalized spacial score (nSPS) is 16.7. The van der Waals surface area contributed by atoms with Gasteiger partial charge in [-0.15, -0.1) is 0 Å². The molecule has 0 unspecified atom stereocenters. The number of carbonyl (C=O) groups excluding carboxylic acids is 1. The number of aromatic nitrogens is 1. The Bertz CT molecular complexity index is 414. The van der Waals surface area contributed by atoms with E-state index in [4.69, 9.17) is 5.11 Å². The molecule has 2 rings (SSSR count). The van der Waals surface area contributed by atoms with Crippen molar-refractivity contribution in [3.8, 4) is 0 Å². The maximum atomic E-state index is 11.2. The Labute approximate surface area is 107 Å². The Morgan fingerprint density at radius 3 is 2.89 bits per heavy atom. The van der Waals surface area contributed by atoms with E-state index in [1.165, 1.54) is 6.92 Å². The molecule has 1 aliphatic heterocycles. The van der Waals surface area contributed by atoms with Gasteiger partial charge in [0.15, 0.2) is 5.82 Å². The van der Waals surface area contributed by atoms with Gasteiger partial charge >= 0.3 is 0 Å². The summed E-state index contributed by atoms with van der Waals surface area (Å²) in [5.41, 5.74) is 0.757. The summed E-state index contributed by atoms with van der Waals surface area (Å²) >= 11 is 0. The second kappa shape index (κ2) is 5.82. The molecule has 5 nitrogen and oxygen atoms in total. The fourth-order valence-electron chi connectivity index (χ4n) is 2.26. The Balaban J connectivity index is 2.11. The molecule has 1 saturated heterocycles. The third-order valence-electron chi connectivity index (χ3n) is 3.27. The van der Waals surface area contributed by atoms with Gasteiger partial charge in [0.2, 0.25) is 5.91 Å². The van der Waals surface area contributed by atoms with Crippen LogP contribution in [0.4, 0.5) is 11.5 Å². The molecule has 1 aliphatic rings. The number of amides is 1. The average molecular weight is 249 g/mol.